The first-order chi connectivity index (χ1) is 9.89. The summed E-state index contributed by atoms with van der Waals surface area (Å²) < 4.78 is 10.6. The second kappa shape index (κ2) is 6.28. The molecule has 1 aliphatic rings. The highest BCUT2D eigenvalue weighted by Gasteiger charge is 2.32. The van der Waals surface area contributed by atoms with E-state index in [1.165, 1.54) is 6.07 Å². The number of anilines is 1. The maximum absolute atomic E-state index is 11.0. The highest BCUT2D eigenvalue weighted by Crippen LogP contribution is 2.31. The third kappa shape index (κ3) is 4.05. The summed E-state index contributed by atoms with van der Waals surface area (Å²) in [6.45, 7) is 4.78. The second-order valence-electron chi connectivity index (χ2n) is 5.49. The molecule has 2 rings (SSSR count). The van der Waals surface area contributed by atoms with Gasteiger partial charge in [0.1, 0.15) is 5.60 Å². The van der Waals surface area contributed by atoms with Crippen LogP contribution < -0.4 is 10.1 Å². The smallest absolute Gasteiger partial charge is 0.311 e. The van der Waals surface area contributed by atoms with Crippen LogP contribution in [-0.2, 0) is 4.74 Å². The lowest BCUT2D eigenvalue weighted by molar-refractivity contribution is -0.386. The van der Waals surface area contributed by atoms with Gasteiger partial charge < -0.3 is 19.9 Å². The monoisotopic (exact) mass is 296 g/mol. The van der Waals surface area contributed by atoms with Crippen molar-refractivity contribution in [2.24, 2.45) is 0 Å². The maximum Gasteiger partial charge on any atom is 0.311 e. The Bertz CT molecular complexity index is 512. The summed E-state index contributed by atoms with van der Waals surface area (Å²) in [7, 11) is 0. The summed E-state index contributed by atoms with van der Waals surface area (Å²) in [5.41, 5.74) is -0.297. The van der Waals surface area contributed by atoms with E-state index in [1.54, 1.807) is 12.1 Å². The molecule has 1 fully saturated rings. The number of nitrogens with one attached hydrogen (secondary N) is 1. The van der Waals surface area contributed by atoms with Crippen molar-refractivity contribution in [2.75, 3.05) is 25.1 Å². The topological polar surface area (TPSA) is 93.9 Å². The van der Waals surface area contributed by atoms with Gasteiger partial charge in [-0.05, 0) is 19.9 Å². The van der Waals surface area contributed by atoms with Crippen LogP contribution >= 0.6 is 0 Å². The first kappa shape index (κ1) is 15.5. The van der Waals surface area contributed by atoms with Crippen molar-refractivity contribution in [2.45, 2.75) is 32.0 Å². The molecule has 1 saturated heterocycles. The molecule has 1 heterocycles. The minimum absolute atomic E-state index is 0.0721. The molecule has 21 heavy (non-hydrogen) atoms. The van der Waals surface area contributed by atoms with E-state index in [4.69, 9.17) is 9.47 Å². The molecular formula is C14H20N2O5. The molecule has 0 saturated carbocycles. The zero-order valence-electron chi connectivity index (χ0n) is 12.2. The Balaban J connectivity index is 2.11. The third-order valence-electron chi connectivity index (χ3n) is 3.22. The number of rotatable bonds is 6. The summed E-state index contributed by atoms with van der Waals surface area (Å²) in [5.74, 6) is 0.217. The van der Waals surface area contributed by atoms with Gasteiger partial charge in [-0.3, -0.25) is 10.1 Å². The Kier molecular flexibility index (Phi) is 4.64. The average Bonchev–Trinajstić information content (AvgIpc) is 2.83. The average molecular weight is 296 g/mol. The van der Waals surface area contributed by atoms with Crippen LogP contribution in [0.15, 0.2) is 18.2 Å². The van der Waals surface area contributed by atoms with Gasteiger partial charge in [-0.2, -0.15) is 0 Å². The molecule has 0 bridgehead atoms. The number of hydrogen-bond acceptors (Lipinski definition) is 6. The molecule has 0 radical (unpaired) electrons. The molecule has 116 valence electrons. The lowest BCUT2D eigenvalue weighted by Gasteiger charge is -2.21. The summed E-state index contributed by atoms with van der Waals surface area (Å²) in [5, 5.41) is 24.2. The van der Waals surface area contributed by atoms with Gasteiger partial charge in [-0.1, -0.05) is 0 Å². The van der Waals surface area contributed by atoms with E-state index in [9.17, 15) is 15.2 Å². The van der Waals surface area contributed by atoms with E-state index >= 15 is 0 Å². The maximum atomic E-state index is 11.0. The van der Waals surface area contributed by atoms with Gasteiger partial charge >= 0.3 is 5.69 Å². The predicted octanol–water partition coefficient (Wildman–Crippen LogP) is 1.95. The fourth-order valence-corrected chi connectivity index (χ4v) is 2.13. The van der Waals surface area contributed by atoms with Crippen LogP contribution in [0.1, 0.15) is 20.3 Å². The van der Waals surface area contributed by atoms with Crippen molar-refractivity contribution in [3.63, 3.8) is 0 Å². The number of ether oxygens (including phenoxy) is 2. The second-order valence-corrected chi connectivity index (χ2v) is 5.49. The Morgan fingerprint density at radius 1 is 1.57 bits per heavy atom. The van der Waals surface area contributed by atoms with E-state index in [-0.39, 0.29) is 17.5 Å². The van der Waals surface area contributed by atoms with E-state index in [1.807, 2.05) is 13.8 Å². The number of nitro groups is 1. The standard InChI is InChI=1S/C14H20N2O5/c1-10(2)21-13-7-11(3-4-12(13)16(18)19)15-8-14(17)5-6-20-9-14/h3-4,7,10,15,17H,5-6,8-9H2,1-2H3. The molecule has 0 aliphatic carbocycles. The number of hydrogen-bond donors (Lipinski definition) is 2. The van der Waals surface area contributed by atoms with E-state index < -0.39 is 10.5 Å². The molecule has 1 aliphatic heterocycles. The van der Waals surface area contributed by atoms with Gasteiger partial charge in [0.15, 0.2) is 5.75 Å². The van der Waals surface area contributed by atoms with Gasteiger partial charge in [0, 0.05) is 37.4 Å². The minimum atomic E-state index is -0.888. The van der Waals surface area contributed by atoms with E-state index in [0.717, 1.165) is 0 Å². The SMILES string of the molecule is CC(C)Oc1cc(NCC2(O)CCOC2)ccc1[N+](=O)[O-]. The van der Waals surface area contributed by atoms with E-state index in [0.29, 0.717) is 31.9 Å². The summed E-state index contributed by atoms with van der Waals surface area (Å²) in [6, 6.07) is 4.58. The third-order valence-corrected chi connectivity index (χ3v) is 3.22. The van der Waals surface area contributed by atoms with Crippen molar-refractivity contribution in [3.8, 4) is 5.75 Å². The van der Waals surface area contributed by atoms with Crippen LogP contribution in [0.3, 0.4) is 0 Å². The Hall–Kier alpha value is -1.86. The Morgan fingerprint density at radius 3 is 2.90 bits per heavy atom. The molecule has 1 aromatic carbocycles. The zero-order valence-corrected chi connectivity index (χ0v) is 12.2. The van der Waals surface area contributed by atoms with Crippen molar-refractivity contribution >= 4 is 11.4 Å². The minimum Gasteiger partial charge on any atom is -0.484 e. The molecule has 0 amide bonds. The molecule has 2 N–H and O–H groups in total. The first-order valence-electron chi connectivity index (χ1n) is 6.89. The van der Waals surface area contributed by atoms with Crippen LogP contribution in [0, 0.1) is 10.1 Å². The molecule has 1 atom stereocenters. The van der Waals surface area contributed by atoms with Crippen molar-refractivity contribution in [1.82, 2.24) is 0 Å². The normalized spacial score (nSPS) is 21.5. The molecule has 7 heteroatoms. The fraction of sp³-hybridized carbons (Fsp3) is 0.571. The van der Waals surface area contributed by atoms with Crippen molar-refractivity contribution in [3.05, 3.63) is 28.3 Å². The molecule has 0 spiro atoms. The highest BCUT2D eigenvalue weighted by atomic mass is 16.6. The van der Waals surface area contributed by atoms with Crippen LogP contribution in [0.25, 0.3) is 0 Å². The van der Waals surface area contributed by atoms with Crippen LogP contribution in [0.4, 0.5) is 11.4 Å². The highest BCUT2D eigenvalue weighted by molar-refractivity contribution is 5.58. The Morgan fingerprint density at radius 2 is 2.33 bits per heavy atom. The van der Waals surface area contributed by atoms with Crippen LogP contribution in [0.5, 0.6) is 5.75 Å². The molecular weight excluding hydrogens is 276 g/mol. The Labute approximate surface area is 123 Å². The lowest BCUT2D eigenvalue weighted by Crippen LogP contribution is -2.37. The van der Waals surface area contributed by atoms with Gasteiger partial charge in [0.25, 0.3) is 0 Å². The van der Waals surface area contributed by atoms with Crippen molar-refractivity contribution < 1.29 is 19.5 Å². The number of aliphatic hydroxyl groups is 1. The lowest BCUT2D eigenvalue weighted by atomic mass is 10.0. The molecule has 1 unspecified atom stereocenters. The largest absolute Gasteiger partial charge is 0.484 e. The van der Waals surface area contributed by atoms with Gasteiger partial charge in [0.2, 0.25) is 0 Å². The molecule has 7 nitrogen and oxygen atoms in total. The molecule has 1 aromatic rings. The quantitative estimate of drug-likeness (QED) is 0.615. The van der Waals surface area contributed by atoms with E-state index in [2.05, 4.69) is 5.32 Å². The van der Waals surface area contributed by atoms with Gasteiger partial charge in [-0.25, -0.2) is 0 Å². The number of nitro benzene ring substituents is 1. The van der Waals surface area contributed by atoms with Crippen molar-refractivity contribution in [1.29, 1.82) is 0 Å². The van der Waals surface area contributed by atoms with Crippen LogP contribution in [0.2, 0.25) is 0 Å². The summed E-state index contributed by atoms with van der Waals surface area (Å²) in [4.78, 5) is 10.5. The number of nitrogens with zero attached hydrogens (tertiary/aromatic N) is 1. The van der Waals surface area contributed by atoms with Gasteiger partial charge in [-0.15, -0.1) is 0 Å². The summed E-state index contributed by atoms with van der Waals surface area (Å²) in [6.07, 6.45) is 0.411. The zero-order chi connectivity index (χ0) is 15.5. The fourth-order valence-electron chi connectivity index (χ4n) is 2.13. The molecule has 0 aromatic heterocycles. The van der Waals surface area contributed by atoms with Gasteiger partial charge in [0.05, 0.1) is 17.6 Å². The predicted molar refractivity (Wildman–Crippen MR) is 77.7 cm³/mol. The first-order valence-corrected chi connectivity index (χ1v) is 6.89. The number of benzene rings is 1. The van der Waals surface area contributed by atoms with Crippen LogP contribution in [-0.4, -0.2) is 41.5 Å². The summed E-state index contributed by atoms with van der Waals surface area (Å²) >= 11 is 0.